The van der Waals surface area contributed by atoms with E-state index in [9.17, 15) is 9.90 Å². The van der Waals surface area contributed by atoms with Crippen LogP contribution < -0.4 is 10.6 Å². The molecule has 8 nitrogen and oxygen atoms in total. The Morgan fingerprint density at radius 2 is 2.09 bits per heavy atom. The van der Waals surface area contributed by atoms with Crippen molar-refractivity contribution in [1.29, 1.82) is 0 Å². The number of aromatic nitrogens is 4. The Bertz CT molecular complexity index is 1180. The highest BCUT2D eigenvalue weighted by Gasteiger charge is 2.34. The van der Waals surface area contributed by atoms with Gasteiger partial charge in [-0.3, -0.25) is 9.36 Å². The van der Waals surface area contributed by atoms with Gasteiger partial charge in [-0.15, -0.1) is 11.3 Å². The number of imidazole rings is 1. The number of nitrogens with zero attached hydrogens (tertiary/aromatic N) is 4. The number of carbonyl (C=O) groups is 1. The van der Waals surface area contributed by atoms with E-state index in [1.54, 1.807) is 17.7 Å². The van der Waals surface area contributed by atoms with Crippen LogP contribution in [0.2, 0.25) is 4.34 Å². The van der Waals surface area contributed by atoms with Crippen LogP contribution in [-0.4, -0.2) is 43.6 Å². The molecule has 0 aliphatic rings. The van der Waals surface area contributed by atoms with Crippen LogP contribution in [0.1, 0.15) is 57.5 Å². The third kappa shape index (κ3) is 5.21. The fourth-order valence-corrected chi connectivity index (χ4v) is 4.16. The maximum atomic E-state index is 12.4. The predicted molar refractivity (Wildman–Crippen MR) is 128 cm³/mol. The summed E-state index contributed by atoms with van der Waals surface area (Å²) in [5.41, 5.74) is 0.234. The predicted octanol–water partition coefficient (Wildman–Crippen LogP) is 3.80. The largest absolute Gasteiger partial charge is 0.373 e. The summed E-state index contributed by atoms with van der Waals surface area (Å²) < 4.78 is 2.22. The van der Waals surface area contributed by atoms with Crippen molar-refractivity contribution < 1.29 is 9.90 Å². The van der Waals surface area contributed by atoms with Gasteiger partial charge in [0.15, 0.2) is 17.0 Å². The molecule has 0 radical (unpaired) electrons. The van der Waals surface area contributed by atoms with Crippen LogP contribution in [0.25, 0.3) is 11.2 Å². The number of amides is 1. The normalized spacial score (nSPS) is 14.0. The molecule has 10 heteroatoms. The van der Waals surface area contributed by atoms with Crippen molar-refractivity contribution in [1.82, 2.24) is 24.8 Å². The molecule has 3 N–H and O–H groups in total. The molecule has 1 amide bonds. The van der Waals surface area contributed by atoms with E-state index < -0.39 is 11.6 Å². The molecule has 170 valence electrons. The van der Waals surface area contributed by atoms with E-state index in [0.29, 0.717) is 33.6 Å². The van der Waals surface area contributed by atoms with E-state index in [4.69, 9.17) is 11.6 Å². The third-order valence-corrected chi connectivity index (χ3v) is 6.37. The highest BCUT2D eigenvalue weighted by Crippen LogP contribution is 2.33. The van der Waals surface area contributed by atoms with Crippen LogP contribution in [0.3, 0.4) is 0 Å². The minimum atomic E-state index is -0.999. The Hall–Kier alpha value is -2.67. The Kier molecular flexibility index (Phi) is 7.39. The average molecular weight is 475 g/mol. The van der Waals surface area contributed by atoms with E-state index in [1.165, 1.54) is 17.7 Å². The van der Waals surface area contributed by atoms with Gasteiger partial charge in [0.05, 0.1) is 21.0 Å². The lowest BCUT2D eigenvalue weighted by molar-refractivity contribution is -0.132. The number of aliphatic hydroxyl groups excluding tert-OH is 1. The molecule has 0 saturated carbocycles. The zero-order chi connectivity index (χ0) is 23.5. The number of halogens is 1. The maximum absolute atomic E-state index is 12.4. The van der Waals surface area contributed by atoms with Crippen LogP contribution in [0, 0.1) is 17.3 Å². The summed E-state index contributed by atoms with van der Waals surface area (Å²) >= 11 is 7.36. The molecule has 2 unspecified atom stereocenters. The standard InChI is InChI=1S/C22H27ClN6O2S/c1-6-22(4,21(31)24-5)11-17(30)29-12-25-18-19(26-13(2)3)27-16(28-20(18)29)10-8-14-7-9-15(23)32-14/h7,9,12-13,17,30H,6,11H2,1-5H3,(H,24,31)(H,26,27,28). The number of rotatable bonds is 7. The monoisotopic (exact) mass is 474 g/mol. The van der Waals surface area contributed by atoms with Crippen molar-refractivity contribution >= 4 is 45.8 Å². The molecular formula is C22H27ClN6O2S. The Balaban J connectivity index is 2.04. The second-order valence-corrected chi connectivity index (χ2v) is 9.77. The average Bonchev–Trinajstić information content (AvgIpc) is 3.37. The fourth-order valence-electron chi connectivity index (χ4n) is 3.26. The third-order valence-electron chi connectivity index (χ3n) is 5.23. The highest BCUT2D eigenvalue weighted by molar-refractivity contribution is 7.16. The molecular weight excluding hydrogens is 448 g/mol. The number of hydrogen-bond donors (Lipinski definition) is 3. The first-order valence-electron chi connectivity index (χ1n) is 10.4. The van der Waals surface area contributed by atoms with E-state index >= 15 is 0 Å². The van der Waals surface area contributed by atoms with Gasteiger partial charge in [0, 0.05) is 19.5 Å². The zero-order valence-corrected chi connectivity index (χ0v) is 20.3. The van der Waals surface area contributed by atoms with Crippen LogP contribution in [0.15, 0.2) is 18.5 Å². The number of carbonyl (C=O) groups excluding carboxylic acids is 1. The zero-order valence-electron chi connectivity index (χ0n) is 18.7. The van der Waals surface area contributed by atoms with Gasteiger partial charge in [-0.05, 0) is 44.2 Å². The first-order chi connectivity index (χ1) is 15.2. The van der Waals surface area contributed by atoms with E-state index in [-0.39, 0.29) is 18.4 Å². The minimum Gasteiger partial charge on any atom is -0.373 e. The highest BCUT2D eigenvalue weighted by atomic mass is 35.5. The second-order valence-electron chi connectivity index (χ2n) is 8.05. The summed E-state index contributed by atoms with van der Waals surface area (Å²) in [5, 5.41) is 17.0. The summed E-state index contributed by atoms with van der Waals surface area (Å²) in [4.78, 5) is 26.7. The SMILES string of the molecule is CCC(C)(CC(O)n1cnc2c(NC(C)C)nc(C#Cc3ccc(Cl)s3)nc21)C(=O)NC. The van der Waals surface area contributed by atoms with Crippen LogP contribution >= 0.6 is 22.9 Å². The first kappa shape index (κ1) is 24.0. The van der Waals surface area contributed by atoms with Crippen molar-refractivity contribution in [2.45, 2.75) is 52.8 Å². The van der Waals surface area contributed by atoms with Gasteiger partial charge in [-0.2, -0.15) is 0 Å². The molecule has 32 heavy (non-hydrogen) atoms. The molecule has 0 saturated heterocycles. The Morgan fingerprint density at radius 1 is 1.34 bits per heavy atom. The summed E-state index contributed by atoms with van der Waals surface area (Å²) in [6.07, 6.45) is 1.30. The van der Waals surface area contributed by atoms with Crippen LogP contribution in [0.4, 0.5) is 5.82 Å². The first-order valence-corrected chi connectivity index (χ1v) is 11.5. The molecule has 3 aromatic heterocycles. The molecule has 0 aliphatic heterocycles. The molecule has 0 aromatic carbocycles. The molecule has 0 bridgehead atoms. The second kappa shape index (κ2) is 9.86. The summed E-state index contributed by atoms with van der Waals surface area (Å²) in [6.45, 7) is 7.74. The van der Waals surface area contributed by atoms with Crippen molar-refractivity contribution in [2.75, 3.05) is 12.4 Å². The summed E-state index contributed by atoms with van der Waals surface area (Å²) in [5.74, 6) is 6.71. The van der Waals surface area contributed by atoms with Gasteiger partial charge in [0.1, 0.15) is 6.23 Å². The number of hydrogen-bond acceptors (Lipinski definition) is 7. The maximum Gasteiger partial charge on any atom is 0.225 e. The van der Waals surface area contributed by atoms with Crippen molar-refractivity contribution in [3.8, 4) is 11.8 Å². The van der Waals surface area contributed by atoms with Crippen LogP contribution in [-0.2, 0) is 4.79 Å². The van der Waals surface area contributed by atoms with Crippen molar-refractivity contribution in [2.24, 2.45) is 5.41 Å². The van der Waals surface area contributed by atoms with Crippen molar-refractivity contribution in [3.05, 3.63) is 33.5 Å². The van der Waals surface area contributed by atoms with Gasteiger partial charge >= 0.3 is 0 Å². The number of aliphatic hydroxyl groups is 1. The quantitative estimate of drug-likeness (QED) is 0.450. The Morgan fingerprint density at radius 3 is 2.69 bits per heavy atom. The molecule has 2 atom stereocenters. The lowest BCUT2D eigenvalue weighted by atomic mass is 9.82. The molecule has 0 aliphatic carbocycles. The lowest BCUT2D eigenvalue weighted by Gasteiger charge is -2.29. The minimum absolute atomic E-state index is 0.108. The number of fused-ring (bicyclic) bond motifs is 1. The van der Waals surface area contributed by atoms with Gasteiger partial charge < -0.3 is 15.7 Å². The number of nitrogens with one attached hydrogen (secondary N) is 2. The van der Waals surface area contributed by atoms with E-state index in [1.807, 2.05) is 33.8 Å². The van der Waals surface area contributed by atoms with Gasteiger partial charge in [0.2, 0.25) is 11.7 Å². The lowest BCUT2D eigenvalue weighted by Crippen LogP contribution is -2.38. The fraction of sp³-hybridized carbons (Fsp3) is 0.455. The molecule has 0 fully saturated rings. The number of anilines is 1. The topological polar surface area (TPSA) is 105 Å². The van der Waals surface area contributed by atoms with Gasteiger partial charge in [-0.1, -0.05) is 25.4 Å². The van der Waals surface area contributed by atoms with Gasteiger partial charge in [-0.25, -0.2) is 15.0 Å². The molecule has 3 aromatic rings. The van der Waals surface area contributed by atoms with Crippen LogP contribution in [0.5, 0.6) is 0 Å². The van der Waals surface area contributed by atoms with Gasteiger partial charge in [0.25, 0.3) is 0 Å². The summed E-state index contributed by atoms with van der Waals surface area (Å²) in [7, 11) is 1.60. The van der Waals surface area contributed by atoms with E-state index in [0.717, 1.165) is 4.88 Å². The van der Waals surface area contributed by atoms with E-state index in [2.05, 4.69) is 37.4 Å². The smallest absolute Gasteiger partial charge is 0.225 e. The van der Waals surface area contributed by atoms with Crippen molar-refractivity contribution in [3.63, 3.8) is 0 Å². The summed E-state index contributed by atoms with van der Waals surface area (Å²) in [6, 6.07) is 3.73. The Labute approximate surface area is 196 Å². The molecule has 0 spiro atoms. The molecule has 3 rings (SSSR count). The molecule has 3 heterocycles. The number of thiophene rings is 1.